The fourth-order valence-corrected chi connectivity index (χ4v) is 3.73. The summed E-state index contributed by atoms with van der Waals surface area (Å²) in [5.74, 6) is 1.17. The van der Waals surface area contributed by atoms with Gasteiger partial charge in [-0.05, 0) is 37.1 Å². The van der Waals surface area contributed by atoms with Gasteiger partial charge in [-0.15, -0.1) is 0 Å². The van der Waals surface area contributed by atoms with Crippen molar-refractivity contribution in [2.45, 2.75) is 26.9 Å². The first kappa shape index (κ1) is 18.9. The summed E-state index contributed by atoms with van der Waals surface area (Å²) in [5.41, 5.74) is 1.54. The summed E-state index contributed by atoms with van der Waals surface area (Å²) in [4.78, 5) is 29.8. The predicted molar refractivity (Wildman–Crippen MR) is 115 cm³/mol. The molecule has 1 atom stereocenters. The molecule has 0 radical (unpaired) electrons. The fourth-order valence-electron chi connectivity index (χ4n) is 3.73. The van der Waals surface area contributed by atoms with Crippen molar-refractivity contribution in [2.24, 2.45) is 5.92 Å². The lowest BCUT2D eigenvalue weighted by Gasteiger charge is -2.17. The second kappa shape index (κ2) is 7.91. The minimum Gasteiger partial charge on any atom is -0.354 e. The van der Waals surface area contributed by atoms with Gasteiger partial charge in [0.15, 0.2) is 5.43 Å². The zero-order valence-corrected chi connectivity index (χ0v) is 16.6. The predicted octanol–water partition coefficient (Wildman–Crippen LogP) is 3.11. The van der Waals surface area contributed by atoms with Crippen molar-refractivity contribution in [3.05, 3.63) is 77.0 Å². The molecule has 6 heteroatoms. The van der Waals surface area contributed by atoms with Crippen LogP contribution in [0.4, 0.5) is 0 Å². The van der Waals surface area contributed by atoms with Crippen molar-refractivity contribution in [1.82, 2.24) is 19.4 Å². The van der Waals surface area contributed by atoms with Gasteiger partial charge in [0, 0.05) is 36.3 Å². The smallest absolute Gasteiger partial charge is 0.239 e. The maximum atomic E-state index is 12.8. The van der Waals surface area contributed by atoms with E-state index in [1.165, 1.54) is 0 Å². The van der Waals surface area contributed by atoms with Crippen LogP contribution in [-0.4, -0.2) is 26.6 Å². The molecule has 4 rings (SSSR count). The number of pyridine rings is 1. The van der Waals surface area contributed by atoms with E-state index in [1.54, 1.807) is 6.20 Å². The van der Waals surface area contributed by atoms with Gasteiger partial charge in [-0.3, -0.25) is 9.59 Å². The number of hydrogen-bond donors (Lipinski definition) is 1. The van der Waals surface area contributed by atoms with Crippen molar-refractivity contribution in [3.8, 4) is 0 Å². The van der Waals surface area contributed by atoms with Crippen LogP contribution >= 0.6 is 0 Å². The summed E-state index contributed by atoms with van der Waals surface area (Å²) in [6.07, 6.45) is 3.74. The molecule has 1 unspecified atom stereocenters. The molecule has 0 saturated heterocycles. The lowest BCUT2D eigenvalue weighted by Crippen LogP contribution is -2.33. The minimum absolute atomic E-state index is 0.00261. The van der Waals surface area contributed by atoms with Crippen LogP contribution in [0, 0.1) is 12.8 Å². The summed E-state index contributed by atoms with van der Waals surface area (Å²) >= 11 is 0. The van der Waals surface area contributed by atoms with E-state index in [9.17, 15) is 9.59 Å². The maximum absolute atomic E-state index is 12.8. The third-order valence-electron chi connectivity index (χ3n) is 5.26. The van der Waals surface area contributed by atoms with Crippen LogP contribution in [-0.2, 0) is 17.9 Å². The molecular weight excluding hydrogens is 364 g/mol. The number of para-hydroxylation sites is 2. The van der Waals surface area contributed by atoms with E-state index in [0.29, 0.717) is 17.3 Å². The molecule has 2 aromatic heterocycles. The molecule has 1 amide bonds. The Labute approximate surface area is 168 Å². The molecular formula is C23H24N4O2. The Bertz CT molecular complexity index is 1180. The number of aryl methyl sites for hydroxylation is 1. The van der Waals surface area contributed by atoms with Crippen LogP contribution in [0.2, 0.25) is 0 Å². The number of nitrogens with zero attached hydrogens (tertiary/aromatic N) is 3. The standard InChI is InChI=1S/C23H24N4O2/c1-16(14-26-12-11-24-17(26)2)13-25-22(28)15-27-20-9-5-3-7-18(20)23(29)19-8-4-6-10-21(19)27/h3-12,16H,13-15H2,1-2H3,(H,25,28). The number of aromatic nitrogens is 3. The number of hydrogen-bond acceptors (Lipinski definition) is 3. The van der Waals surface area contributed by atoms with Crippen LogP contribution in [0.15, 0.2) is 65.7 Å². The quantitative estimate of drug-likeness (QED) is 0.516. The molecule has 0 fully saturated rings. The van der Waals surface area contributed by atoms with E-state index in [-0.39, 0.29) is 23.8 Å². The van der Waals surface area contributed by atoms with Gasteiger partial charge in [-0.2, -0.15) is 0 Å². The Morgan fingerprint density at radius 3 is 2.28 bits per heavy atom. The Kier molecular flexibility index (Phi) is 5.16. The molecule has 0 spiro atoms. The second-order valence-corrected chi connectivity index (χ2v) is 7.49. The summed E-state index contributed by atoms with van der Waals surface area (Å²) in [6, 6.07) is 14.9. The molecule has 2 aromatic carbocycles. The summed E-state index contributed by atoms with van der Waals surface area (Å²) in [7, 11) is 0. The Balaban J connectivity index is 1.55. The highest BCUT2D eigenvalue weighted by atomic mass is 16.2. The van der Waals surface area contributed by atoms with Crippen molar-refractivity contribution in [2.75, 3.05) is 6.54 Å². The molecule has 6 nitrogen and oxygen atoms in total. The van der Waals surface area contributed by atoms with Gasteiger partial charge in [0.1, 0.15) is 12.4 Å². The van der Waals surface area contributed by atoms with E-state index in [2.05, 4.69) is 21.8 Å². The van der Waals surface area contributed by atoms with Crippen LogP contribution in [0.25, 0.3) is 21.8 Å². The summed E-state index contributed by atoms with van der Waals surface area (Å²) in [6.45, 7) is 5.61. The lowest BCUT2D eigenvalue weighted by molar-refractivity contribution is -0.121. The molecule has 0 saturated carbocycles. The van der Waals surface area contributed by atoms with Gasteiger partial charge in [-0.1, -0.05) is 31.2 Å². The van der Waals surface area contributed by atoms with Crippen molar-refractivity contribution in [3.63, 3.8) is 0 Å². The zero-order valence-electron chi connectivity index (χ0n) is 16.6. The van der Waals surface area contributed by atoms with Crippen molar-refractivity contribution < 1.29 is 4.79 Å². The van der Waals surface area contributed by atoms with E-state index in [0.717, 1.165) is 23.4 Å². The van der Waals surface area contributed by atoms with E-state index < -0.39 is 0 Å². The lowest BCUT2D eigenvalue weighted by atomic mass is 10.1. The van der Waals surface area contributed by atoms with Gasteiger partial charge in [0.2, 0.25) is 5.91 Å². The number of carbonyl (C=O) groups excluding carboxylic acids is 1. The van der Waals surface area contributed by atoms with Gasteiger partial charge in [-0.25, -0.2) is 4.98 Å². The molecule has 148 valence electrons. The topological polar surface area (TPSA) is 68.9 Å². The van der Waals surface area contributed by atoms with Crippen LogP contribution in [0.3, 0.4) is 0 Å². The maximum Gasteiger partial charge on any atom is 0.239 e. The first-order chi connectivity index (χ1) is 14.0. The normalized spacial score (nSPS) is 12.3. The molecule has 2 heterocycles. The molecule has 0 bridgehead atoms. The summed E-state index contributed by atoms with van der Waals surface area (Å²) < 4.78 is 4.01. The molecule has 0 aliphatic carbocycles. The van der Waals surface area contributed by atoms with E-state index >= 15 is 0 Å². The van der Waals surface area contributed by atoms with Crippen molar-refractivity contribution in [1.29, 1.82) is 0 Å². The fraction of sp³-hybridized carbons (Fsp3) is 0.261. The molecule has 4 aromatic rings. The minimum atomic E-state index is -0.0711. The third kappa shape index (κ3) is 3.78. The molecule has 29 heavy (non-hydrogen) atoms. The Hall–Kier alpha value is -3.41. The highest BCUT2D eigenvalue weighted by Crippen LogP contribution is 2.19. The van der Waals surface area contributed by atoms with E-state index in [4.69, 9.17) is 0 Å². The monoisotopic (exact) mass is 388 g/mol. The van der Waals surface area contributed by atoms with Gasteiger partial charge >= 0.3 is 0 Å². The third-order valence-corrected chi connectivity index (χ3v) is 5.26. The molecule has 1 N–H and O–H groups in total. The highest BCUT2D eigenvalue weighted by Gasteiger charge is 2.13. The van der Waals surface area contributed by atoms with Crippen LogP contribution < -0.4 is 10.7 Å². The summed E-state index contributed by atoms with van der Waals surface area (Å²) in [5, 5.41) is 4.29. The van der Waals surface area contributed by atoms with Crippen LogP contribution in [0.5, 0.6) is 0 Å². The average Bonchev–Trinajstić information content (AvgIpc) is 3.14. The number of benzene rings is 2. The van der Waals surface area contributed by atoms with Gasteiger partial charge in [0.05, 0.1) is 11.0 Å². The zero-order chi connectivity index (χ0) is 20.4. The number of nitrogens with one attached hydrogen (secondary N) is 1. The first-order valence-electron chi connectivity index (χ1n) is 9.79. The Morgan fingerprint density at radius 1 is 1.07 bits per heavy atom. The Morgan fingerprint density at radius 2 is 1.69 bits per heavy atom. The first-order valence-corrected chi connectivity index (χ1v) is 9.79. The molecule has 0 aliphatic heterocycles. The largest absolute Gasteiger partial charge is 0.354 e. The highest BCUT2D eigenvalue weighted by molar-refractivity contribution is 5.94. The second-order valence-electron chi connectivity index (χ2n) is 7.49. The van der Waals surface area contributed by atoms with Crippen LogP contribution in [0.1, 0.15) is 12.7 Å². The number of imidazole rings is 1. The van der Waals surface area contributed by atoms with Gasteiger partial charge in [0.25, 0.3) is 0 Å². The van der Waals surface area contributed by atoms with Crippen molar-refractivity contribution >= 4 is 27.7 Å². The number of fused-ring (bicyclic) bond motifs is 2. The van der Waals surface area contributed by atoms with E-state index in [1.807, 2.05) is 66.2 Å². The number of rotatable bonds is 6. The number of carbonyl (C=O) groups is 1. The average molecular weight is 388 g/mol. The molecule has 0 aliphatic rings. The SMILES string of the molecule is Cc1nccn1CC(C)CNC(=O)Cn1c2ccccc2c(=O)c2ccccc21. The number of amides is 1. The van der Waals surface area contributed by atoms with Gasteiger partial charge < -0.3 is 14.5 Å².